The predicted octanol–water partition coefficient (Wildman–Crippen LogP) is 2.05. The molecular weight excluding hydrogens is 254 g/mol. The van der Waals surface area contributed by atoms with Gasteiger partial charge < -0.3 is 5.11 Å². The first-order chi connectivity index (χ1) is 9.70. The van der Waals surface area contributed by atoms with Crippen LogP contribution >= 0.6 is 0 Å². The van der Waals surface area contributed by atoms with Gasteiger partial charge in [-0.2, -0.15) is 5.10 Å². The third-order valence-electron chi connectivity index (χ3n) is 5.93. The molecule has 1 unspecified atom stereocenters. The number of rotatable bonds is 4. The first-order valence-corrected chi connectivity index (χ1v) is 7.76. The SMILES string of the molecule is O=C(O)C(Cn1cncn1)C1C2CC3CC(C2)CC1C3. The van der Waals surface area contributed by atoms with Crippen LogP contribution in [-0.2, 0) is 11.3 Å². The lowest BCUT2D eigenvalue weighted by Gasteiger charge is -2.55. The van der Waals surface area contributed by atoms with E-state index in [1.165, 1.54) is 38.4 Å². The van der Waals surface area contributed by atoms with Gasteiger partial charge in [-0.05, 0) is 61.7 Å². The van der Waals surface area contributed by atoms with E-state index in [-0.39, 0.29) is 5.92 Å². The third-order valence-corrected chi connectivity index (χ3v) is 5.93. The molecule has 1 aromatic rings. The summed E-state index contributed by atoms with van der Waals surface area (Å²) in [5.74, 6) is 2.44. The van der Waals surface area contributed by atoms with Crippen molar-refractivity contribution in [3.8, 4) is 0 Å². The van der Waals surface area contributed by atoms with Gasteiger partial charge in [-0.1, -0.05) is 0 Å². The monoisotopic (exact) mass is 275 g/mol. The first kappa shape index (κ1) is 12.4. The van der Waals surface area contributed by atoms with Crippen LogP contribution in [-0.4, -0.2) is 25.8 Å². The molecule has 1 heterocycles. The number of carbonyl (C=O) groups is 1. The highest BCUT2D eigenvalue weighted by molar-refractivity contribution is 5.70. The van der Waals surface area contributed by atoms with Gasteiger partial charge in [0.1, 0.15) is 12.7 Å². The largest absolute Gasteiger partial charge is 0.481 e. The van der Waals surface area contributed by atoms with Gasteiger partial charge in [-0.25, -0.2) is 4.98 Å². The van der Waals surface area contributed by atoms with Crippen LogP contribution in [0.4, 0.5) is 0 Å². The minimum absolute atomic E-state index is 0.299. The summed E-state index contributed by atoms with van der Waals surface area (Å²) >= 11 is 0. The van der Waals surface area contributed by atoms with Crippen molar-refractivity contribution in [2.45, 2.75) is 38.6 Å². The Labute approximate surface area is 118 Å². The molecule has 1 atom stereocenters. The van der Waals surface area contributed by atoms with E-state index >= 15 is 0 Å². The van der Waals surface area contributed by atoms with E-state index in [1.807, 2.05) is 0 Å². The molecule has 0 spiro atoms. The van der Waals surface area contributed by atoms with Crippen LogP contribution in [0.15, 0.2) is 12.7 Å². The van der Waals surface area contributed by atoms with Crippen LogP contribution in [0.1, 0.15) is 32.1 Å². The van der Waals surface area contributed by atoms with Gasteiger partial charge in [-0.15, -0.1) is 0 Å². The molecule has 0 aromatic carbocycles. The van der Waals surface area contributed by atoms with Gasteiger partial charge in [0.15, 0.2) is 0 Å². The van der Waals surface area contributed by atoms with E-state index in [0.29, 0.717) is 24.3 Å². The summed E-state index contributed by atoms with van der Waals surface area (Å²) in [7, 11) is 0. The Balaban J connectivity index is 1.58. The van der Waals surface area contributed by atoms with Crippen LogP contribution in [0.5, 0.6) is 0 Å². The molecule has 4 aliphatic carbocycles. The van der Waals surface area contributed by atoms with E-state index < -0.39 is 5.97 Å². The number of aliphatic carboxylic acids is 1. The Morgan fingerprint density at radius 1 is 1.20 bits per heavy atom. The standard InChI is InChI=1S/C15H21N3O2/c19-15(20)13(6-18-8-16-7-17-18)14-11-2-9-1-10(4-11)5-12(14)3-9/h7-14H,1-6H2,(H,19,20). The number of aromatic nitrogens is 3. The minimum Gasteiger partial charge on any atom is -0.481 e. The lowest BCUT2D eigenvalue weighted by molar-refractivity contribution is -0.152. The number of hydrogen-bond donors (Lipinski definition) is 1. The maximum absolute atomic E-state index is 11.8. The van der Waals surface area contributed by atoms with Crippen molar-refractivity contribution >= 4 is 5.97 Å². The first-order valence-electron chi connectivity index (χ1n) is 7.76. The van der Waals surface area contributed by atoms with Crippen molar-refractivity contribution in [3.05, 3.63) is 12.7 Å². The molecule has 20 heavy (non-hydrogen) atoms. The maximum Gasteiger partial charge on any atom is 0.308 e. The fourth-order valence-electron chi connectivity index (χ4n) is 5.52. The van der Waals surface area contributed by atoms with Crippen LogP contribution in [0, 0.1) is 35.5 Å². The molecule has 5 heteroatoms. The highest BCUT2D eigenvalue weighted by Gasteiger charge is 2.52. The molecule has 0 radical (unpaired) electrons. The van der Waals surface area contributed by atoms with Gasteiger partial charge in [0.05, 0.1) is 12.5 Å². The summed E-state index contributed by atoms with van der Waals surface area (Å²) in [6.45, 7) is 0.475. The summed E-state index contributed by atoms with van der Waals surface area (Å²) in [6, 6.07) is 0. The van der Waals surface area contributed by atoms with Crippen molar-refractivity contribution < 1.29 is 9.90 Å². The molecule has 4 aliphatic rings. The Morgan fingerprint density at radius 2 is 1.85 bits per heavy atom. The molecular formula is C15H21N3O2. The Bertz CT molecular complexity index is 471. The molecule has 4 fully saturated rings. The van der Waals surface area contributed by atoms with E-state index in [1.54, 1.807) is 11.0 Å². The zero-order valence-corrected chi connectivity index (χ0v) is 11.6. The average Bonchev–Trinajstić information content (AvgIpc) is 2.88. The summed E-state index contributed by atoms with van der Waals surface area (Å²) in [6.07, 6.45) is 9.57. The highest BCUT2D eigenvalue weighted by Crippen LogP contribution is 2.58. The molecule has 0 amide bonds. The molecule has 5 rings (SSSR count). The number of hydrogen-bond acceptors (Lipinski definition) is 3. The van der Waals surface area contributed by atoms with Crippen molar-refractivity contribution in [2.24, 2.45) is 35.5 Å². The number of nitrogens with zero attached hydrogens (tertiary/aromatic N) is 3. The lowest BCUT2D eigenvalue weighted by Crippen LogP contribution is -2.50. The third kappa shape index (κ3) is 1.95. The normalized spacial score (nSPS) is 39.9. The predicted molar refractivity (Wildman–Crippen MR) is 71.7 cm³/mol. The molecule has 1 N–H and O–H groups in total. The Hall–Kier alpha value is -1.39. The quantitative estimate of drug-likeness (QED) is 0.913. The molecule has 0 aliphatic heterocycles. The summed E-state index contributed by atoms with van der Waals surface area (Å²) in [5.41, 5.74) is 0. The second-order valence-corrected chi connectivity index (χ2v) is 7.07. The number of carboxylic acid groups (broad SMARTS) is 1. The molecule has 4 saturated carbocycles. The van der Waals surface area contributed by atoms with E-state index in [4.69, 9.17) is 0 Å². The smallest absolute Gasteiger partial charge is 0.308 e. The van der Waals surface area contributed by atoms with Crippen molar-refractivity contribution in [1.29, 1.82) is 0 Å². The fourth-order valence-corrected chi connectivity index (χ4v) is 5.52. The zero-order valence-electron chi connectivity index (χ0n) is 11.6. The topological polar surface area (TPSA) is 68.0 Å². The minimum atomic E-state index is -0.655. The molecule has 0 saturated heterocycles. The van der Waals surface area contributed by atoms with E-state index in [9.17, 15) is 9.90 Å². The molecule has 5 nitrogen and oxygen atoms in total. The second kappa shape index (κ2) is 4.57. The van der Waals surface area contributed by atoms with Crippen LogP contribution in [0.2, 0.25) is 0 Å². The summed E-state index contributed by atoms with van der Waals surface area (Å²) in [5, 5.41) is 13.8. The molecule has 4 bridgehead atoms. The van der Waals surface area contributed by atoms with Crippen LogP contribution in [0.25, 0.3) is 0 Å². The van der Waals surface area contributed by atoms with Gasteiger partial charge in [-0.3, -0.25) is 9.48 Å². The van der Waals surface area contributed by atoms with Crippen molar-refractivity contribution in [3.63, 3.8) is 0 Å². The Kier molecular flexibility index (Phi) is 2.82. The summed E-state index contributed by atoms with van der Waals surface area (Å²) < 4.78 is 1.68. The fraction of sp³-hybridized carbons (Fsp3) is 0.800. The van der Waals surface area contributed by atoms with Gasteiger partial charge in [0.25, 0.3) is 0 Å². The lowest BCUT2D eigenvalue weighted by atomic mass is 9.49. The van der Waals surface area contributed by atoms with Crippen molar-refractivity contribution in [1.82, 2.24) is 14.8 Å². The van der Waals surface area contributed by atoms with Crippen molar-refractivity contribution in [2.75, 3.05) is 0 Å². The van der Waals surface area contributed by atoms with Gasteiger partial charge >= 0.3 is 5.97 Å². The average molecular weight is 275 g/mol. The maximum atomic E-state index is 11.8. The van der Waals surface area contributed by atoms with Gasteiger partial charge in [0, 0.05) is 0 Å². The summed E-state index contributed by atoms with van der Waals surface area (Å²) in [4.78, 5) is 15.7. The Morgan fingerprint density at radius 3 is 2.35 bits per heavy atom. The highest BCUT2D eigenvalue weighted by atomic mass is 16.4. The van der Waals surface area contributed by atoms with Crippen LogP contribution in [0.3, 0.4) is 0 Å². The molecule has 1 aromatic heterocycles. The van der Waals surface area contributed by atoms with Crippen LogP contribution < -0.4 is 0 Å². The second-order valence-electron chi connectivity index (χ2n) is 7.07. The van der Waals surface area contributed by atoms with E-state index in [0.717, 1.165) is 11.8 Å². The molecule has 108 valence electrons. The number of carboxylic acids is 1. The zero-order chi connectivity index (χ0) is 13.7. The van der Waals surface area contributed by atoms with E-state index in [2.05, 4.69) is 10.1 Å². The van der Waals surface area contributed by atoms with Gasteiger partial charge in [0.2, 0.25) is 0 Å².